The maximum absolute atomic E-state index is 4.32. The number of hydrogen-bond donors (Lipinski definition) is 2. The summed E-state index contributed by atoms with van der Waals surface area (Å²) in [4.78, 5) is 4.32. The van der Waals surface area contributed by atoms with E-state index in [-0.39, 0.29) is 0 Å². The Labute approximate surface area is 105 Å². The first-order chi connectivity index (χ1) is 7.77. The number of halogens is 1. The van der Waals surface area contributed by atoms with Gasteiger partial charge in [0.1, 0.15) is 5.82 Å². The van der Waals surface area contributed by atoms with Crippen LogP contribution in [0.1, 0.15) is 24.8 Å². The molecule has 0 spiro atoms. The molecule has 1 aliphatic rings. The summed E-state index contributed by atoms with van der Waals surface area (Å²) in [5.41, 5.74) is 1.22. The number of nitrogens with zero attached hydrogens (tertiary/aromatic N) is 1. The third-order valence-electron chi connectivity index (χ3n) is 3.03. The first-order valence-corrected chi connectivity index (χ1v) is 6.65. The molecule has 3 nitrogen and oxygen atoms in total. The number of nitrogens with one attached hydrogen (secondary N) is 2. The third-order valence-corrected chi connectivity index (χ3v) is 4.03. The monoisotopic (exact) mass is 283 g/mol. The molecule has 0 radical (unpaired) electrons. The zero-order valence-corrected chi connectivity index (χ0v) is 11.2. The summed E-state index contributed by atoms with van der Waals surface area (Å²) >= 11 is 3.55. The van der Waals surface area contributed by atoms with Gasteiger partial charge in [0.05, 0.1) is 4.47 Å². The van der Waals surface area contributed by atoms with Gasteiger partial charge in [-0.25, -0.2) is 4.98 Å². The van der Waals surface area contributed by atoms with E-state index in [4.69, 9.17) is 0 Å². The minimum atomic E-state index is 0.691. The van der Waals surface area contributed by atoms with Crippen LogP contribution in [0.5, 0.6) is 0 Å². The molecule has 1 fully saturated rings. The molecular weight excluding hydrogens is 266 g/mol. The highest BCUT2D eigenvalue weighted by molar-refractivity contribution is 9.10. The van der Waals surface area contributed by atoms with Gasteiger partial charge in [-0.1, -0.05) is 0 Å². The van der Waals surface area contributed by atoms with Crippen molar-refractivity contribution in [3.63, 3.8) is 0 Å². The first-order valence-electron chi connectivity index (χ1n) is 5.86. The molecule has 0 aliphatic carbocycles. The zero-order chi connectivity index (χ0) is 11.4. The van der Waals surface area contributed by atoms with E-state index in [9.17, 15) is 0 Å². The van der Waals surface area contributed by atoms with Crippen molar-refractivity contribution in [3.8, 4) is 0 Å². The van der Waals surface area contributed by atoms with Gasteiger partial charge in [-0.3, -0.25) is 0 Å². The molecule has 0 saturated carbocycles. The molecule has 1 aromatic rings. The predicted molar refractivity (Wildman–Crippen MR) is 70.8 cm³/mol. The Kier molecular flexibility index (Phi) is 4.18. The van der Waals surface area contributed by atoms with Crippen LogP contribution in [0.3, 0.4) is 0 Å². The second-order valence-corrected chi connectivity index (χ2v) is 5.09. The van der Waals surface area contributed by atoms with E-state index in [0.29, 0.717) is 6.04 Å². The SMILES string of the molecule is Cc1ccnc(NCCC2CCCN2)c1Br. The first kappa shape index (κ1) is 11.9. The van der Waals surface area contributed by atoms with E-state index in [1.54, 1.807) is 0 Å². The van der Waals surface area contributed by atoms with Gasteiger partial charge in [0, 0.05) is 18.8 Å². The summed E-state index contributed by atoms with van der Waals surface area (Å²) in [7, 11) is 0. The maximum atomic E-state index is 4.32. The minimum Gasteiger partial charge on any atom is -0.369 e. The third kappa shape index (κ3) is 2.95. The van der Waals surface area contributed by atoms with E-state index < -0.39 is 0 Å². The van der Waals surface area contributed by atoms with Crippen LogP contribution in [0.4, 0.5) is 5.82 Å². The van der Waals surface area contributed by atoms with Crippen LogP contribution in [0.25, 0.3) is 0 Å². The average Bonchev–Trinajstić information content (AvgIpc) is 2.77. The fraction of sp³-hybridized carbons (Fsp3) is 0.583. The molecule has 1 aromatic heterocycles. The van der Waals surface area contributed by atoms with Crippen LogP contribution in [0, 0.1) is 6.92 Å². The number of anilines is 1. The summed E-state index contributed by atoms with van der Waals surface area (Å²) in [5, 5.41) is 6.88. The van der Waals surface area contributed by atoms with Gasteiger partial charge in [0.2, 0.25) is 0 Å². The number of pyridine rings is 1. The Hall–Kier alpha value is -0.610. The molecule has 1 atom stereocenters. The van der Waals surface area contributed by atoms with Crippen LogP contribution < -0.4 is 10.6 Å². The molecule has 4 heteroatoms. The molecule has 16 heavy (non-hydrogen) atoms. The lowest BCUT2D eigenvalue weighted by molar-refractivity contribution is 0.574. The number of aryl methyl sites for hydroxylation is 1. The molecule has 1 unspecified atom stereocenters. The molecule has 0 aromatic carbocycles. The molecule has 2 heterocycles. The lowest BCUT2D eigenvalue weighted by Crippen LogP contribution is -2.24. The number of hydrogen-bond acceptors (Lipinski definition) is 3. The van der Waals surface area contributed by atoms with Crippen molar-refractivity contribution in [2.24, 2.45) is 0 Å². The predicted octanol–water partition coefficient (Wildman–Crippen LogP) is 2.71. The van der Waals surface area contributed by atoms with Gasteiger partial charge in [0.25, 0.3) is 0 Å². The zero-order valence-electron chi connectivity index (χ0n) is 9.59. The molecule has 0 amide bonds. The van der Waals surface area contributed by atoms with Gasteiger partial charge in [-0.15, -0.1) is 0 Å². The Balaban J connectivity index is 1.82. The Morgan fingerprint density at radius 1 is 1.62 bits per heavy atom. The standard InChI is InChI=1S/C12H18BrN3/c1-9-4-7-15-12(11(9)13)16-8-5-10-3-2-6-14-10/h4,7,10,14H,2-3,5-6,8H2,1H3,(H,15,16). The largest absolute Gasteiger partial charge is 0.369 e. The fourth-order valence-corrected chi connectivity index (χ4v) is 2.41. The van der Waals surface area contributed by atoms with Crippen molar-refractivity contribution in [2.45, 2.75) is 32.2 Å². The Bertz CT molecular complexity index is 348. The minimum absolute atomic E-state index is 0.691. The van der Waals surface area contributed by atoms with Gasteiger partial charge in [0.15, 0.2) is 0 Å². The molecule has 1 aliphatic heterocycles. The number of aromatic nitrogens is 1. The van der Waals surface area contributed by atoms with E-state index in [1.165, 1.54) is 31.4 Å². The van der Waals surface area contributed by atoms with Crippen LogP contribution in [-0.2, 0) is 0 Å². The summed E-state index contributed by atoms with van der Waals surface area (Å²) in [6.45, 7) is 4.24. The normalized spacial score (nSPS) is 20.0. The molecule has 88 valence electrons. The highest BCUT2D eigenvalue weighted by Gasteiger charge is 2.13. The van der Waals surface area contributed by atoms with Crippen LogP contribution in [0.2, 0.25) is 0 Å². The van der Waals surface area contributed by atoms with Gasteiger partial charge < -0.3 is 10.6 Å². The second kappa shape index (κ2) is 5.64. The second-order valence-electron chi connectivity index (χ2n) is 4.30. The van der Waals surface area contributed by atoms with E-state index in [1.807, 2.05) is 12.3 Å². The van der Waals surface area contributed by atoms with E-state index in [2.05, 4.69) is 38.5 Å². The summed E-state index contributed by atoms with van der Waals surface area (Å²) in [6, 6.07) is 2.70. The van der Waals surface area contributed by atoms with Crippen molar-refractivity contribution in [2.75, 3.05) is 18.4 Å². The fourth-order valence-electron chi connectivity index (χ4n) is 2.03. The van der Waals surface area contributed by atoms with Crippen molar-refractivity contribution in [1.82, 2.24) is 10.3 Å². The lowest BCUT2D eigenvalue weighted by Gasteiger charge is -2.12. The maximum Gasteiger partial charge on any atom is 0.140 e. The van der Waals surface area contributed by atoms with Crippen molar-refractivity contribution in [3.05, 3.63) is 22.3 Å². The summed E-state index contributed by atoms with van der Waals surface area (Å²) in [5.74, 6) is 0.956. The molecule has 0 bridgehead atoms. The van der Waals surface area contributed by atoms with Crippen LogP contribution in [-0.4, -0.2) is 24.1 Å². The molecule has 1 saturated heterocycles. The highest BCUT2D eigenvalue weighted by Crippen LogP contribution is 2.23. The van der Waals surface area contributed by atoms with Crippen LogP contribution >= 0.6 is 15.9 Å². The quantitative estimate of drug-likeness (QED) is 0.892. The van der Waals surface area contributed by atoms with Gasteiger partial charge in [-0.2, -0.15) is 0 Å². The Morgan fingerprint density at radius 2 is 2.50 bits per heavy atom. The summed E-state index contributed by atoms with van der Waals surface area (Å²) < 4.78 is 1.08. The molecular formula is C12H18BrN3. The summed E-state index contributed by atoms with van der Waals surface area (Å²) in [6.07, 6.45) is 5.64. The van der Waals surface area contributed by atoms with Gasteiger partial charge in [-0.05, 0) is 60.3 Å². The molecule has 2 N–H and O–H groups in total. The number of rotatable bonds is 4. The highest BCUT2D eigenvalue weighted by atomic mass is 79.9. The van der Waals surface area contributed by atoms with E-state index >= 15 is 0 Å². The topological polar surface area (TPSA) is 37.0 Å². The van der Waals surface area contributed by atoms with Crippen LogP contribution in [0.15, 0.2) is 16.7 Å². The van der Waals surface area contributed by atoms with Gasteiger partial charge >= 0.3 is 0 Å². The smallest absolute Gasteiger partial charge is 0.140 e. The average molecular weight is 284 g/mol. The van der Waals surface area contributed by atoms with E-state index in [0.717, 1.165) is 16.8 Å². The van der Waals surface area contributed by atoms with Crippen molar-refractivity contribution >= 4 is 21.7 Å². The van der Waals surface area contributed by atoms with Crippen molar-refractivity contribution < 1.29 is 0 Å². The Morgan fingerprint density at radius 3 is 3.25 bits per heavy atom. The molecule has 2 rings (SSSR count). The van der Waals surface area contributed by atoms with Crippen molar-refractivity contribution in [1.29, 1.82) is 0 Å². The lowest BCUT2D eigenvalue weighted by atomic mass is 10.1.